The largest absolute Gasteiger partial charge is 0.451 e. The fourth-order valence-electron chi connectivity index (χ4n) is 2.85. The minimum atomic E-state index is -1.22. The number of nitrogens with two attached hydrogens (primary N) is 1. The minimum absolute atomic E-state index is 0.178. The molecule has 1 atom stereocenters. The van der Waals surface area contributed by atoms with Crippen LogP contribution in [0.15, 0.2) is 0 Å². The second-order valence-electron chi connectivity index (χ2n) is 5.65. The van der Waals surface area contributed by atoms with Gasteiger partial charge in [0, 0.05) is 0 Å². The van der Waals surface area contributed by atoms with Gasteiger partial charge < -0.3 is 15.8 Å². The average Bonchev–Trinajstić information content (AvgIpc) is 2.93. The predicted molar refractivity (Wildman–Crippen MR) is 75.7 cm³/mol. The second kappa shape index (κ2) is 7.71. The predicted octanol–water partition coefficient (Wildman–Crippen LogP) is 0.821. The van der Waals surface area contributed by atoms with Crippen LogP contribution in [0.5, 0.6) is 0 Å². The van der Waals surface area contributed by atoms with E-state index in [-0.39, 0.29) is 6.04 Å². The molecule has 0 aliphatic heterocycles. The van der Waals surface area contributed by atoms with Gasteiger partial charge in [-0.15, -0.1) is 5.10 Å². The Labute approximate surface area is 119 Å². The maximum Gasteiger partial charge on any atom is 0.451 e. The highest BCUT2D eigenvalue weighted by Gasteiger charge is 2.23. The third-order valence-electron chi connectivity index (χ3n) is 4.00. The van der Waals surface area contributed by atoms with E-state index < -0.39 is 7.12 Å². The summed E-state index contributed by atoms with van der Waals surface area (Å²) in [6.45, 7) is 0. The van der Waals surface area contributed by atoms with Gasteiger partial charge in [0.05, 0.1) is 12.1 Å². The van der Waals surface area contributed by atoms with Crippen LogP contribution >= 0.6 is 0 Å². The summed E-state index contributed by atoms with van der Waals surface area (Å²) < 4.78 is 1.91. The lowest BCUT2D eigenvalue weighted by atomic mass is 9.83. The number of unbranched alkanes of at least 4 members (excludes halogenated alkanes) is 1. The van der Waals surface area contributed by atoms with E-state index in [0.717, 1.165) is 37.9 Å². The molecule has 0 bridgehead atoms. The first kappa shape index (κ1) is 15.4. The molecule has 1 saturated carbocycles. The summed E-state index contributed by atoms with van der Waals surface area (Å²) in [5, 5.41) is 29.6. The minimum Gasteiger partial charge on any atom is -0.427 e. The highest BCUT2D eigenvalue weighted by Crippen LogP contribution is 2.29. The Morgan fingerprint density at radius 2 is 2.00 bits per heavy atom. The molecule has 4 N–H and O–H groups in total. The first-order valence-corrected chi connectivity index (χ1v) is 7.58. The first-order chi connectivity index (χ1) is 9.68. The molecule has 0 aromatic carbocycles. The Balaban J connectivity index is 1.86. The molecular weight excluding hydrogens is 257 g/mol. The number of hydrogen-bond acceptors (Lipinski definition) is 6. The van der Waals surface area contributed by atoms with Crippen molar-refractivity contribution in [2.45, 2.75) is 69.8 Å². The van der Waals surface area contributed by atoms with Crippen LogP contribution in [0.25, 0.3) is 0 Å². The lowest BCUT2D eigenvalue weighted by Gasteiger charge is -2.23. The Hall–Kier alpha value is -0.985. The van der Waals surface area contributed by atoms with Crippen molar-refractivity contribution in [3.8, 4) is 0 Å². The van der Waals surface area contributed by atoms with Crippen molar-refractivity contribution in [1.29, 1.82) is 0 Å². The molecule has 2 rings (SSSR count). The van der Waals surface area contributed by atoms with Crippen molar-refractivity contribution in [2.75, 3.05) is 0 Å². The molecule has 0 amide bonds. The van der Waals surface area contributed by atoms with E-state index in [4.69, 9.17) is 15.8 Å². The van der Waals surface area contributed by atoms with Gasteiger partial charge in [-0.1, -0.05) is 32.1 Å². The summed E-state index contributed by atoms with van der Waals surface area (Å²) in [7, 11) is -1.22. The number of rotatable bonds is 7. The standard InChI is InChI=1S/C12H24BN5O2/c14-11(8-4-5-9-13(19)20)12-15-16-17-18(12)10-6-2-1-3-7-10/h10-11,19-20H,1-9,14H2. The molecule has 0 radical (unpaired) electrons. The number of hydrogen-bond donors (Lipinski definition) is 3. The van der Waals surface area contributed by atoms with Gasteiger partial charge in [0.15, 0.2) is 5.82 Å². The van der Waals surface area contributed by atoms with E-state index in [0.29, 0.717) is 12.4 Å². The Morgan fingerprint density at radius 3 is 2.70 bits per heavy atom. The maximum atomic E-state index is 8.80. The van der Waals surface area contributed by atoms with E-state index in [9.17, 15) is 0 Å². The van der Waals surface area contributed by atoms with E-state index in [1.165, 1.54) is 19.3 Å². The average molecular weight is 281 g/mol. The molecule has 7 nitrogen and oxygen atoms in total. The van der Waals surface area contributed by atoms with Crippen LogP contribution < -0.4 is 5.73 Å². The topological polar surface area (TPSA) is 110 Å². The van der Waals surface area contributed by atoms with Gasteiger partial charge >= 0.3 is 7.12 Å². The summed E-state index contributed by atoms with van der Waals surface area (Å²) in [6, 6.07) is 0.210. The smallest absolute Gasteiger partial charge is 0.427 e. The van der Waals surface area contributed by atoms with Crippen LogP contribution in [0, 0.1) is 0 Å². The van der Waals surface area contributed by atoms with Gasteiger partial charge in [0.25, 0.3) is 0 Å². The molecule has 1 heterocycles. The van der Waals surface area contributed by atoms with Crippen LogP contribution in [0.1, 0.15) is 69.3 Å². The van der Waals surface area contributed by atoms with Crippen molar-refractivity contribution in [2.24, 2.45) is 5.73 Å². The van der Waals surface area contributed by atoms with Crippen molar-refractivity contribution >= 4 is 7.12 Å². The highest BCUT2D eigenvalue weighted by atomic mass is 16.4. The Bertz CT molecular complexity index is 395. The lowest BCUT2D eigenvalue weighted by Crippen LogP contribution is -2.22. The Morgan fingerprint density at radius 1 is 1.25 bits per heavy atom. The third-order valence-corrected chi connectivity index (χ3v) is 4.00. The van der Waals surface area contributed by atoms with Gasteiger partial charge in [0.1, 0.15) is 0 Å². The summed E-state index contributed by atoms with van der Waals surface area (Å²) in [6.07, 6.45) is 8.75. The van der Waals surface area contributed by atoms with Gasteiger partial charge in [-0.05, 0) is 36.0 Å². The van der Waals surface area contributed by atoms with Crippen molar-refractivity contribution in [3.63, 3.8) is 0 Å². The van der Waals surface area contributed by atoms with Crippen molar-refractivity contribution in [3.05, 3.63) is 5.82 Å². The fraction of sp³-hybridized carbons (Fsp3) is 0.917. The molecule has 8 heteroatoms. The first-order valence-electron chi connectivity index (χ1n) is 7.58. The fourth-order valence-corrected chi connectivity index (χ4v) is 2.85. The van der Waals surface area contributed by atoms with E-state index >= 15 is 0 Å². The van der Waals surface area contributed by atoms with Gasteiger partial charge in [-0.25, -0.2) is 4.68 Å². The quantitative estimate of drug-likeness (QED) is 0.504. The molecule has 1 aliphatic rings. The molecule has 20 heavy (non-hydrogen) atoms. The van der Waals surface area contributed by atoms with Gasteiger partial charge in [-0.3, -0.25) is 0 Å². The highest BCUT2D eigenvalue weighted by molar-refractivity contribution is 6.40. The van der Waals surface area contributed by atoms with E-state index in [2.05, 4.69) is 15.5 Å². The summed E-state index contributed by atoms with van der Waals surface area (Å²) in [4.78, 5) is 0. The molecular formula is C12H24BN5O2. The molecule has 0 spiro atoms. The van der Waals surface area contributed by atoms with Crippen LogP contribution in [0.4, 0.5) is 0 Å². The summed E-state index contributed by atoms with van der Waals surface area (Å²) in [5.41, 5.74) is 6.18. The van der Waals surface area contributed by atoms with Gasteiger partial charge in [0.2, 0.25) is 0 Å². The molecule has 0 saturated heterocycles. The molecule has 112 valence electrons. The van der Waals surface area contributed by atoms with Crippen molar-refractivity contribution < 1.29 is 10.0 Å². The number of tetrazole rings is 1. The van der Waals surface area contributed by atoms with Gasteiger partial charge in [-0.2, -0.15) is 0 Å². The van der Waals surface area contributed by atoms with Crippen LogP contribution in [0.3, 0.4) is 0 Å². The number of nitrogens with zero attached hydrogens (tertiary/aromatic N) is 4. The van der Waals surface area contributed by atoms with E-state index in [1.54, 1.807) is 0 Å². The van der Waals surface area contributed by atoms with Crippen LogP contribution in [0.2, 0.25) is 6.32 Å². The molecule has 1 aromatic rings. The summed E-state index contributed by atoms with van der Waals surface area (Å²) in [5.74, 6) is 0.765. The van der Waals surface area contributed by atoms with E-state index in [1.807, 2.05) is 4.68 Å². The van der Waals surface area contributed by atoms with Crippen molar-refractivity contribution in [1.82, 2.24) is 20.2 Å². The maximum absolute atomic E-state index is 8.80. The zero-order chi connectivity index (χ0) is 14.4. The zero-order valence-electron chi connectivity index (χ0n) is 11.9. The summed E-state index contributed by atoms with van der Waals surface area (Å²) >= 11 is 0. The SMILES string of the molecule is NC(CCCCB(O)O)c1nnnn1C1CCCCC1. The van der Waals surface area contributed by atoms with Crippen LogP contribution in [-0.4, -0.2) is 37.4 Å². The zero-order valence-corrected chi connectivity index (χ0v) is 11.9. The monoisotopic (exact) mass is 281 g/mol. The third kappa shape index (κ3) is 4.26. The number of aromatic nitrogens is 4. The van der Waals surface area contributed by atoms with Crippen LogP contribution in [-0.2, 0) is 0 Å². The molecule has 1 unspecified atom stereocenters. The molecule has 1 aromatic heterocycles. The normalized spacial score (nSPS) is 18.1. The molecule has 1 fully saturated rings. The molecule has 1 aliphatic carbocycles. The second-order valence-corrected chi connectivity index (χ2v) is 5.65. The lowest BCUT2D eigenvalue weighted by molar-refractivity contribution is 0.310. The Kier molecular flexibility index (Phi) is 5.94.